The predicted molar refractivity (Wildman–Crippen MR) is 139 cm³/mol. The highest BCUT2D eigenvalue weighted by molar-refractivity contribution is 7.13. The van der Waals surface area contributed by atoms with Gasteiger partial charge in [-0.2, -0.15) is 9.61 Å². The van der Waals surface area contributed by atoms with E-state index in [-0.39, 0.29) is 17.9 Å². The van der Waals surface area contributed by atoms with Crippen LogP contribution in [0.5, 0.6) is 5.75 Å². The van der Waals surface area contributed by atoms with Crippen molar-refractivity contribution in [2.24, 2.45) is 0 Å². The number of anilines is 1. The molecule has 5 rings (SSSR count). The Balaban J connectivity index is 1.28. The smallest absolute Gasteiger partial charge is 0.262 e. The molecule has 0 radical (unpaired) electrons. The van der Waals surface area contributed by atoms with Gasteiger partial charge in [0, 0.05) is 11.3 Å². The van der Waals surface area contributed by atoms with E-state index in [1.807, 2.05) is 78.2 Å². The standard InChI is InChI=1S/C27H25N5O2S/c1-27(2,3)19-9-11-21(12-10-19)34-17-25(33)28-20-7-4-6-18(16-20)22-13-14-24-29-30-26(32(24)31-22)23-8-5-15-35-23/h4-16H,17H2,1-3H3,(H,28,33). The summed E-state index contributed by atoms with van der Waals surface area (Å²) in [5.74, 6) is 1.13. The fourth-order valence-corrected chi connectivity index (χ4v) is 4.35. The number of ether oxygens (including phenoxy) is 1. The van der Waals surface area contributed by atoms with E-state index >= 15 is 0 Å². The number of hydrogen-bond acceptors (Lipinski definition) is 6. The Kier molecular flexibility index (Phi) is 6.05. The maximum absolute atomic E-state index is 12.5. The highest BCUT2D eigenvalue weighted by Gasteiger charge is 2.14. The quantitative estimate of drug-likeness (QED) is 0.328. The van der Waals surface area contributed by atoms with Crippen LogP contribution in [0.2, 0.25) is 0 Å². The van der Waals surface area contributed by atoms with E-state index in [2.05, 4.69) is 36.3 Å². The van der Waals surface area contributed by atoms with Crippen LogP contribution >= 0.6 is 11.3 Å². The zero-order valence-electron chi connectivity index (χ0n) is 19.7. The molecule has 0 aliphatic heterocycles. The molecular formula is C27H25N5O2S. The minimum absolute atomic E-state index is 0.0696. The minimum atomic E-state index is -0.232. The molecule has 0 unspecified atom stereocenters. The topological polar surface area (TPSA) is 81.4 Å². The van der Waals surface area contributed by atoms with Crippen molar-refractivity contribution in [3.8, 4) is 27.7 Å². The Bertz CT molecular complexity index is 1470. The van der Waals surface area contributed by atoms with Crippen molar-refractivity contribution in [2.75, 3.05) is 11.9 Å². The number of carbonyl (C=O) groups excluding carboxylic acids is 1. The molecule has 35 heavy (non-hydrogen) atoms. The molecule has 0 spiro atoms. The second-order valence-corrected chi connectivity index (χ2v) is 10.1. The first-order valence-corrected chi connectivity index (χ1v) is 12.1. The fourth-order valence-electron chi connectivity index (χ4n) is 3.66. The van der Waals surface area contributed by atoms with Crippen LogP contribution in [0.25, 0.3) is 27.6 Å². The van der Waals surface area contributed by atoms with E-state index < -0.39 is 0 Å². The zero-order valence-corrected chi connectivity index (χ0v) is 20.5. The molecule has 3 aromatic heterocycles. The molecule has 0 bridgehead atoms. The lowest BCUT2D eigenvalue weighted by Gasteiger charge is -2.19. The van der Waals surface area contributed by atoms with Crippen molar-refractivity contribution in [3.05, 3.63) is 83.7 Å². The van der Waals surface area contributed by atoms with E-state index in [4.69, 9.17) is 9.84 Å². The monoisotopic (exact) mass is 483 g/mol. The highest BCUT2D eigenvalue weighted by atomic mass is 32.1. The van der Waals surface area contributed by atoms with Gasteiger partial charge in [-0.15, -0.1) is 21.5 Å². The van der Waals surface area contributed by atoms with Gasteiger partial charge in [0.25, 0.3) is 5.91 Å². The van der Waals surface area contributed by atoms with Gasteiger partial charge in [0.15, 0.2) is 18.1 Å². The first-order valence-electron chi connectivity index (χ1n) is 11.3. The molecular weight excluding hydrogens is 458 g/mol. The molecule has 0 aliphatic rings. The molecule has 176 valence electrons. The number of aromatic nitrogens is 4. The Hall–Kier alpha value is -4.04. The number of rotatable bonds is 6. The van der Waals surface area contributed by atoms with Crippen molar-refractivity contribution < 1.29 is 9.53 Å². The van der Waals surface area contributed by atoms with Crippen LogP contribution in [0.15, 0.2) is 78.2 Å². The van der Waals surface area contributed by atoms with Crippen molar-refractivity contribution in [2.45, 2.75) is 26.2 Å². The maximum Gasteiger partial charge on any atom is 0.262 e. The van der Waals surface area contributed by atoms with Crippen LogP contribution < -0.4 is 10.1 Å². The average Bonchev–Trinajstić information content (AvgIpc) is 3.52. The summed E-state index contributed by atoms with van der Waals surface area (Å²) in [5.41, 5.74) is 4.25. The van der Waals surface area contributed by atoms with Gasteiger partial charge in [-0.1, -0.05) is 51.1 Å². The van der Waals surface area contributed by atoms with Crippen molar-refractivity contribution in [3.63, 3.8) is 0 Å². The van der Waals surface area contributed by atoms with Gasteiger partial charge in [0.1, 0.15) is 5.75 Å². The van der Waals surface area contributed by atoms with Crippen LogP contribution in [0.1, 0.15) is 26.3 Å². The van der Waals surface area contributed by atoms with E-state index in [1.165, 1.54) is 5.56 Å². The van der Waals surface area contributed by atoms with Gasteiger partial charge in [-0.25, -0.2) is 0 Å². The van der Waals surface area contributed by atoms with Crippen molar-refractivity contribution in [1.82, 2.24) is 19.8 Å². The summed E-state index contributed by atoms with van der Waals surface area (Å²) in [6.07, 6.45) is 0. The average molecular weight is 484 g/mol. The highest BCUT2D eigenvalue weighted by Crippen LogP contribution is 2.26. The molecule has 3 heterocycles. The largest absolute Gasteiger partial charge is 0.484 e. The molecule has 0 fully saturated rings. The van der Waals surface area contributed by atoms with Crippen molar-refractivity contribution >= 4 is 28.6 Å². The number of benzene rings is 2. The molecule has 5 aromatic rings. The number of carbonyl (C=O) groups is 1. The molecule has 7 nitrogen and oxygen atoms in total. The number of fused-ring (bicyclic) bond motifs is 1. The van der Waals surface area contributed by atoms with Crippen LogP contribution in [0.4, 0.5) is 5.69 Å². The number of nitrogens with zero attached hydrogens (tertiary/aromatic N) is 4. The second-order valence-electron chi connectivity index (χ2n) is 9.18. The Labute approximate surface area is 207 Å². The number of amides is 1. The summed E-state index contributed by atoms with van der Waals surface area (Å²) in [6, 6.07) is 23.2. The van der Waals surface area contributed by atoms with Gasteiger partial charge in [0.2, 0.25) is 0 Å². The fraction of sp³-hybridized carbons (Fsp3) is 0.185. The molecule has 8 heteroatoms. The van der Waals surface area contributed by atoms with E-state index in [0.717, 1.165) is 16.1 Å². The summed E-state index contributed by atoms with van der Waals surface area (Å²) in [6.45, 7) is 6.40. The Morgan fingerprint density at radius 3 is 2.57 bits per heavy atom. The second kappa shape index (κ2) is 9.31. The first kappa shape index (κ1) is 22.7. The number of hydrogen-bond donors (Lipinski definition) is 1. The normalized spacial score (nSPS) is 11.5. The minimum Gasteiger partial charge on any atom is -0.484 e. The summed E-state index contributed by atoms with van der Waals surface area (Å²) >= 11 is 1.59. The molecule has 1 N–H and O–H groups in total. The SMILES string of the molecule is CC(C)(C)c1ccc(OCC(=O)Nc2cccc(-c3ccc4nnc(-c5cccs5)n4n3)c2)cc1. The lowest BCUT2D eigenvalue weighted by Crippen LogP contribution is -2.20. The van der Waals surface area contributed by atoms with Crippen LogP contribution in [0.3, 0.4) is 0 Å². The van der Waals surface area contributed by atoms with E-state index in [1.54, 1.807) is 15.9 Å². The van der Waals surface area contributed by atoms with Crippen LogP contribution in [-0.2, 0) is 10.2 Å². The van der Waals surface area contributed by atoms with Crippen LogP contribution in [0, 0.1) is 0 Å². The summed E-state index contributed by atoms with van der Waals surface area (Å²) in [5, 5.41) is 18.1. The lowest BCUT2D eigenvalue weighted by molar-refractivity contribution is -0.118. The van der Waals surface area contributed by atoms with Gasteiger partial charge in [0.05, 0.1) is 10.6 Å². The summed E-state index contributed by atoms with van der Waals surface area (Å²) < 4.78 is 7.41. The van der Waals surface area contributed by atoms with Crippen LogP contribution in [-0.4, -0.2) is 32.3 Å². The lowest BCUT2D eigenvalue weighted by atomic mass is 9.87. The summed E-state index contributed by atoms with van der Waals surface area (Å²) in [7, 11) is 0. The Morgan fingerprint density at radius 1 is 1.00 bits per heavy atom. The third kappa shape index (κ3) is 5.07. The van der Waals surface area contributed by atoms with Gasteiger partial charge in [-0.05, 0) is 58.8 Å². The van der Waals surface area contributed by atoms with E-state index in [0.29, 0.717) is 22.9 Å². The first-order chi connectivity index (χ1) is 16.9. The molecule has 0 saturated heterocycles. The number of thiophene rings is 1. The third-order valence-electron chi connectivity index (χ3n) is 5.54. The Morgan fingerprint density at radius 2 is 1.83 bits per heavy atom. The van der Waals surface area contributed by atoms with Gasteiger partial charge >= 0.3 is 0 Å². The van der Waals surface area contributed by atoms with E-state index in [9.17, 15) is 4.79 Å². The molecule has 2 aromatic carbocycles. The third-order valence-corrected chi connectivity index (χ3v) is 6.40. The van der Waals surface area contributed by atoms with Gasteiger partial charge in [-0.3, -0.25) is 4.79 Å². The van der Waals surface area contributed by atoms with Crippen molar-refractivity contribution in [1.29, 1.82) is 0 Å². The van der Waals surface area contributed by atoms with Gasteiger partial charge < -0.3 is 10.1 Å². The number of nitrogens with one attached hydrogen (secondary N) is 1. The zero-order chi connectivity index (χ0) is 24.4. The molecule has 1 amide bonds. The predicted octanol–water partition coefficient (Wildman–Crippen LogP) is 5.83. The summed E-state index contributed by atoms with van der Waals surface area (Å²) in [4.78, 5) is 13.5. The molecule has 0 aliphatic carbocycles. The molecule has 0 saturated carbocycles. The molecule has 0 atom stereocenters. The maximum atomic E-state index is 12.5.